The first-order valence-corrected chi connectivity index (χ1v) is 7.04. The zero-order valence-electron chi connectivity index (χ0n) is 11.4. The number of nitrogens with zero attached hydrogens (tertiary/aromatic N) is 1. The summed E-state index contributed by atoms with van der Waals surface area (Å²) in [4.78, 5) is 14.5. The van der Waals surface area contributed by atoms with Crippen molar-refractivity contribution < 1.29 is 14.6 Å². The fourth-order valence-corrected chi connectivity index (χ4v) is 2.64. The van der Waals surface area contributed by atoms with Crippen LogP contribution in [0.2, 0.25) is 0 Å². The summed E-state index contributed by atoms with van der Waals surface area (Å²) in [6, 6.07) is 7.30. The van der Waals surface area contributed by atoms with Gasteiger partial charge in [-0.3, -0.25) is 4.79 Å². The number of carbonyl (C=O) groups excluding carboxylic acids is 1. The molecule has 0 aromatic heterocycles. The third kappa shape index (κ3) is 2.64. The van der Waals surface area contributed by atoms with Crippen LogP contribution in [0.1, 0.15) is 24.8 Å². The van der Waals surface area contributed by atoms with Crippen molar-refractivity contribution in [2.24, 2.45) is 5.73 Å². The van der Waals surface area contributed by atoms with E-state index in [4.69, 9.17) is 10.5 Å². The minimum Gasteiger partial charge on any atom is -0.508 e. The van der Waals surface area contributed by atoms with Crippen LogP contribution in [0.3, 0.4) is 0 Å². The van der Waals surface area contributed by atoms with Crippen LogP contribution < -0.4 is 5.73 Å². The predicted molar refractivity (Wildman–Crippen MR) is 74.0 cm³/mol. The van der Waals surface area contributed by atoms with E-state index < -0.39 is 5.54 Å². The molecule has 1 atom stereocenters. The molecule has 108 valence electrons. The van der Waals surface area contributed by atoms with Gasteiger partial charge in [0.25, 0.3) is 0 Å². The molecule has 3 N–H and O–H groups in total. The number of amides is 1. The Balaban J connectivity index is 1.77. The molecule has 20 heavy (non-hydrogen) atoms. The molecule has 2 fully saturated rings. The van der Waals surface area contributed by atoms with Crippen LogP contribution in [0.5, 0.6) is 5.75 Å². The molecule has 0 bridgehead atoms. The van der Waals surface area contributed by atoms with Gasteiger partial charge in [0.1, 0.15) is 11.3 Å². The molecule has 3 rings (SSSR count). The van der Waals surface area contributed by atoms with Crippen molar-refractivity contribution in [2.75, 3.05) is 13.2 Å². The molecule has 1 aliphatic carbocycles. The number of hydrogen-bond donors (Lipinski definition) is 2. The van der Waals surface area contributed by atoms with Crippen LogP contribution in [0, 0.1) is 0 Å². The first kappa shape index (κ1) is 13.4. The highest BCUT2D eigenvalue weighted by atomic mass is 16.5. The topological polar surface area (TPSA) is 75.8 Å². The number of nitrogens with two attached hydrogens (primary N) is 1. The molecular weight excluding hydrogens is 256 g/mol. The Labute approximate surface area is 118 Å². The second-order valence-electron chi connectivity index (χ2n) is 5.79. The molecule has 0 spiro atoms. The maximum absolute atomic E-state index is 12.7. The molecular formula is C15H20N2O3. The highest BCUT2D eigenvalue weighted by Crippen LogP contribution is 2.32. The number of ether oxygens (including phenoxy) is 1. The fourth-order valence-electron chi connectivity index (χ4n) is 2.64. The van der Waals surface area contributed by atoms with Gasteiger partial charge in [-0.1, -0.05) is 12.1 Å². The Morgan fingerprint density at radius 2 is 2.30 bits per heavy atom. The summed E-state index contributed by atoms with van der Waals surface area (Å²) >= 11 is 0. The van der Waals surface area contributed by atoms with E-state index in [0.717, 1.165) is 18.4 Å². The largest absolute Gasteiger partial charge is 0.508 e. The minimum atomic E-state index is -0.876. The van der Waals surface area contributed by atoms with Gasteiger partial charge in [-0.15, -0.1) is 0 Å². The summed E-state index contributed by atoms with van der Waals surface area (Å²) in [6.45, 7) is 1.35. The Morgan fingerprint density at radius 3 is 2.90 bits per heavy atom. The third-order valence-electron chi connectivity index (χ3n) is 3.99. The number of benzene rings is 1. The van der Waals surface area contributed by atoms with Crippen molar-refractivity contribution in [1.29, 1.82) is 0 Å². The van der Waals surface area contributed by atoms with Crippen LogP contribution in [-0.2, 0) is 16.1 Å². The van der Waals surface area contributed by atoms with Crippen molar-refractivity contribution in [1.82, 2.24) is 4.90 Å². The van der Waals surface area contributed by atoms with Gasteiger partial charge in [-0.2, -0.15) is 0 Å². The first-order valence-electron chi connectivity index (χ1n) is 7.04. The van der Waals surface area contributed by atoms with Crippen LogP contribution in [0.25, 0.3) is 0 Å². The van der Waals surface area contributed by atoms with Crippen LogP contribution in [0.4, 0.5) is 0 Å². The van der Waals surface area contributed by atoms with E-state index in [9.17, 15) is 9.90 Å². The summed E-state index contributed by atoms with van der Waals surface area (Å²) in [7, 11) is 0. The number of phenolic OH excluding ortho intramolecular Hbond substituents is 1. The predicted octanol–water partition coefficient (Wildman–Crippen LogP) is 1.00. The molecule has 1 amide bonds. The number of rotatable bonds is 4. The van der Waals surface area contributed by atoms with Crippen molar-refractivity contribution >= 4 is 5.91 Å². The minimum absolute atomic E-state index is 0.0270. The third-order valence-corrected chi connectivity index (χ3v) is 3.99. The van der Waals surface area contributed by atoms with Crippen LogP contribution >= 0.6 is 0 Å². The van der Waals surface area contributed by atoms with Gasteiger partial charge in [0.15, 0.2) is 0 Å². The van der Waals surface area contributed by atoms with E-state index in [-0.39, 0.29) is 17.7 Å². The molecule has 1 aromatic carbocycles. The Hall–Kier alpha value is -1.59. The average molecular weight is 276 g/mol. The summed E-state index contributed by atoms with van der Waals surface area (Å²) < 4.78 is 5.29. The molecule has 1 aromatic rings. The average Bonchev–Trinajstić information content (AvgIpc) is 3.17. The standard InChI is InChI=1S/C15H20N2O3/c16-15(6-7-20-10-15)14(19)17(12-4-5-12)9-11-2-1-3-13(18)8-11/h1-3,8,12,18H,4-7,9-10,16H2. The number of carbonyl (C=O) groups is 1. The fraction of sp³-hybridized carbons (Fsp3) is 0.533. The van der Waals surface area contributed by atoms with Gasteiger partial charge >= 0.3 is 0 Å². The number of aromatic hydroxyl groups is 1. The van der Waals surface area contributed by atoms with Gasteiger partial charge in [0.05, 0.1) is 6.61 Å². The van der Waals surface area contributed by atoms with Gasteiger partial charge in [-0.25, -0.2) is 0 Å². The normalized spacial score (nSPS) is 25.6. The van der Waals surface area contributed by atoms with E-state index in [1.165, 1.54) is 0 Å². The number of phenols is 1. The lowest BCUT2D eigenvalue weighted by Crippen LogP contribution is -2.56. The summed E-state index contributed by atoms with van der Waals surface area (Å²) in [5.74, 6) is 0.193. The second kappa shape index (κ2) is 5.07. The zero-order chi connectivity index (χ0) is 14.2. The highest BCUT2D eigenvalue weighted by Gasteiger charge is 2.45. The number of hydrogen-bond acceptors (Lipinski definition) is 4. The van der Waals surface area contributed by atoms with Gasteiger partial charge in [0.2, 0.25) is 5.91 Å². The van der Waals surface area contributed by atoms with E-state index in [2.05, 4.69) is 0 Å². The van der Waals surface area contributed by atoms with Gasteiger partial charge in [-0.05, 0) is 37.0 Å². The molecule has 5 nitrogen and oxygen atoms in total. The molecule has 5 heteroatoms. The van der Waals surface area contributed by atoms with E-state index in [0.29, 0.717) is 26.2 Å². The molecule has 0 radical (unpaired) electrons. The van der Waals surface area contributed by atoms with E-state index in [1.54, 1.807) is 18.2 Å². The molecule has 1 aliphatic heterocycles. The lowest BCUT2D eigenvalue weighted by Gasteiger charge is -2.31. The monoisotopic (exact) mass is 276 g/mol. The van der Waals surface area contributed by atoms with Gasteiger partial charge in [0, 0.05) is 19.2 Å². The molecule has 1 heterocycles. The molecule has 1 unspecified atom stereocenters. The summed E-state index contributed by atoms with van der Waals surface area (Å²) in [6.07, 6.45) is 2.64. The van der Waals surface area contributed by atoms with E-state index in [1.807, 2.05) is 11.0 Å². The quantitative estimate of drug-likeness (QED) is 0.860. The van der Waals surface area contributed by atoms with E-state index >= 15 is 0 Å². The maximum Gasteiger partial charge on any atom is 0.245 e. The SMILES string of the molecule is NC1(C(=O)N(Cc2cccc(O)c2)C2CC2)CCOC1. The van der Waals surface area contributed by atoms with Crippen LogP contribution in [-0.4, -0.2) is 40.7 Å². The molecule has 1 saturated heterocycles. The Kier molecular flexibility index (Phi) is 3.40. The zero-order valence-corrected chi connectivity index (χ0v) is 11.4. The second-order valence-corrected chi connectivity index (χ2v) is 5.79. The summed E-state index contributed by atoms with van der Waals surface area (Å²) in [5, 5.41) is 9.53. The maximum atomic E-state index is 12.7. The van der Waals surface area contributed by atoms with Crippen molar-refractivity contribution in [3.63, 3.8) is 0 Å². The molecule has 1 saturated carbocycles. The van der Waals surface area contributed by atoms with Crippen molar-refractivity contribution in [2.45, 2.75) is 37.4 Å². The van der Waals surface area contributed by atoms with Crippen molar-refractivity contribution in [3.8, 4) is 5.75 Å². The lowest BCUT2D eigenvalue weighted by atomic mass is 9.97. The first-order chi connectivity index (χ1) is 9.58. The van der Waals surface area contributed by atoms with Crippen LogP contribution in [0.15, 0.2) is 24.3 Å². The lowest BCUT2D eigenvalue weighted by molar-refractivity contribution is -0.138. The highest BCUT2D eigenvalue weighted by molar-refractivity contribution is 5.87. The smallest absolute Gasteiger partial charge is 0.245 e. The molecule has 2 aliphatic rings. The Bertz CT molecular complexity index is 508. The van der Waals surface area contributed by atoms with Crippen molar-refractivity contribution in [3.05, 3.63) is 29.8 Å². The van der Waals surface area contributed by atoms with Gasteiger partial charge < -0.3 is 20.5 Å². The Morgan fingerprint density at radius 1 is 1.50 bits per heavy atom. The summed E-state index contributed by atoms with van der Waals surface area (Å²) in [5.41, 5.74) is 6.24.